The number of nitrogens with zero attached hydrogens (tertiary/aromatic N) is 2. The molecule has 72 valence electrons. The third-order valence-electron chi connectivity index (χ3n) is 1.61. The second-order valence-corrected chi connectivity index (χ2v) is 3.33. The summed E-state index contributed by atoms with van der Waals surface area (Å²) in [5, 5.41) is 11.4. The molecule has 0 saturated carbocycles. The van der Waals surface area contributed by atoms with Gasteiger partial charge in [0.2, 0.25) is 0 Å². The van der Waals surface area contributed by atoms with Crippen LogP contribution in [0.1, 0.15) is 12.5 Å². The van der Waals surface area contributed by atoms with Gasteiger partial charge in [0.05, 0.1) is 0 Å². The summed E-state index contributed by atoms with van der Waals surface area (Å²) in [5.74, 6) is 0. The summed E-state index contributed by atoms with van der Waals surface area (Å²) in [6.07, 6.45) is 0.821. The number of rotatable bonds is 4. The number of likely N-dealkylation sites (N-methyl/N-ethyl adjacent to an activating group) is 1. The zero-order valence-electron chi connectivity index (χ0n) is 7.35. The molecule has 1 rings (SSSR count). The summed E-state index contributed by atoms with van der Waals surface area (Å²) in [5.41, 5.74) is 0.933. The first-order chi connectivity index (χ1) is 6.24. The van der Waals surface area contributed by atoms with Gasteiger partial charge >= 0.3 is 0 Å². The molecule has 1 N–H and O–H groups in total. The predicted molar refractivity (Wildman–Crippen MR) is 54.3 cm³/mol. The fraction of sp³-hybridized carbons (Fsp3) is 0.500. The largest absolute Gasteiger partial charge is 0.317 e. The van der Waals surface area contributed by atoms with Crippen LogP contribution in [0.15, 0.2) is 6.07 Å². The SMILES string of the molecule is CCNCCc1cc(Cl)nnc1Cl. The van der Waals surface area contributed by atoms with E-state index >= 15 is 0 Å². The fourth-order valence-corrected chi connectivity index (χ4v) is 1.32. The molecule has 0 spiro atoms. The summed E-state index contributed by atoms with van der Waals surface area (Å²) >= 11 is 11.5. The van der Waals surface area contributed by atoms with E-state index < -0.39 is 0 Å². The maximum atomic E-state index is 5.82. The summed E-state index contributed by atoms with van der Waals surface area (Å²) < 4.78 is 0. The van der Waals surface area contributed by atoms with Crippen LogP contribution >= 0.6 is 23.2 Å². The lowest BCUT2D eigenvalue weighted by atomic mass is 10.2. The first kappa shape index (κ1) is 10.7. The number of hydrogen-bond donors (Lipinski definition) is 1. The normalized spacial score (nSPS) is 10.4. The molecule has 0 aliphatic rings. The van der Waals surface area contributed by atoms with Crippen molar-refractivity contribution in [1.29, 1.82) is 0 Å². The Labute approximate surface area is 87.5 Å². The van der Waals surface area contributed by atoms with E-state index in [0.29, 0.717) is 10.3 Å². The van der Waals surface area contributed by atoms with Crippen LogP contribution in [0.5, 0.6) is 0 Å². The first-order valence-electron chi connectivity index (χ1n) is 4.12. The molecule has 1 aromatic rings. The molecule has 0 aliphatic heterocycles. The molecule has 13 heavy (non-hydrogen) atoms. The van der Waals surface area contributed by atoms with E-state index in [2.05, 4.69) is 22.4 Å². The van der Waals surface area contributed by atoms with E-state index in [4.69, 9.17) is 23.2 Å². The molecule has 1 heterocycles. The van der Waals surface area contributed by atoms with Crippen LogP contribution in [0.25, 0.3) is 0 Å². The Kier molecular flexibility index (Phi) is 4.42. The minimum atomic E-state index is 0.385. The average Bonchev–Trinajstić information content (AvgIpc) is 2.11. The van der Waals surface area contributed by atoms with Crippen molar-refractivity contribution in [3.05, 3.63) is 21.9 Å². The molecular weight excluding hydrogens is 209 g/mol. The van der Waals surface area contributed by atoms with E-state index in [-0.39, 0.29) is 0 Å². The van der Waals surface area contributed by atoms with Crippen molar-refractivity contribution in [3.63, 3.8) is 0 Å². The molecule has 0 aliphatic carbocycles. The second kappa shape index (κ2) is 5.37. The van der Waals surface area contributed by atoms with Crippen LogP contribution < -0.4 is 5.32 Å². The Hall–Kier alpha value is -0.380. The highest BCUT2D eigenvalue weighted by Gasteiger charge is 2.02. The lowest BCUT2D eigenvalue weighted by Gasteiger charge is -2.03. The predicted octanol–water partition coefficient (Wildman–Crippen LogP) is 1.94. The molecule has 0 radical (unpaired) electrons. The molecular formula is C8H11Cl2N3. The number of aromatic nitrogens is 2. The number of halogens is 2. The second-order valence-electron chi connectivity index (χ2n) is 2.59. The Balaban J connectivity index is 2.59. The molecule has 0 fully saturated rings. The van der Waals surface area contributed by atoms with E-state index in [1.807, 2.05) is 0 Å². The molecule has 5 heteroatoms. The Bertz CT molecular complexity index is 278. The zero-order valence-corrected chi connectivity index (χ0v) is 8.86. The van der Waals surface area contributed by atoms with E-state index in [1.54, 1.807) is 6.07 Å². The monoisotopic (exact) mass is 219 g/mol. The van der Waals surface area contributed by atoms with Gasteiger partial charge in [0.15, 0.2) is 10.3 Å². The Morgan fingerprint density at radius 1 is 1.38 bits per heavy atom. The smallest absolute Gasteiger partial charge is 0.155 e. The third-order valence-corrected chi connectivity index (χ3v) is 2.12. The third kappa shape index (κ3) is 3.46. The zero-order chi connectivity index (χ0) is 9.68. The molecule has 3 nitrogen and oxygen atoms in total. The van der Waals surface area contributed by atoms with Gasteiger partial charge in [-0.2, -0.15) is 0 Å². The Morgan fingerprint density at radius 3 is 2.85 bits per heavy atom. The van der Waals surface area contributed by atoms with Crippen molar-refractivity contribution in [2.24, 2.45) is 0 Å². The number of hydrogen-bond acceptors (Lipinski definition) is 3. The van der Waals surface area contributed by atoms with Crippen molar-refractivity contribution < 1.29 is 0 Å². The highest BCUT2D eigenvalue weighted by Crippen LogP contribution is 2.15. The van der Waals surface area contributed by atoms with Gasteiger partial charge in [-0.1, -0.05) is 30.1 Å². The maximum absolute atomic E-state index is 5.82. The highest BCUT2D eigenvalue weighted by molar-refractivity contribution is 6.31. The van der Waals surface area contributed by atoms with Crippen molar-refractivity contribution in [2.45, 2.75) is 13.3 Å². The summed E-state index contributed by atoms with van der Waals surface area (Å²) in [6.45, 7) is 3.88. The summed E-state index contributed by atoms with van der Waals surface area (Å²) in [4.78, 5) is 0. The minimum Gasteiger partial charge on any atom is -0.317 e. The molecule has 0 unspecified atom stereocenters. The van der Waals surface area contributed by atoms with Gasteiger partial charge in [0.1, 0.15) is 0 Å². The maximum Gasteiger partial charge on any atom is 0.155 e. The first-order valence-corrected chi connectivity index (χ1v) is 4.88. The van der Waals surface area contributed by atoms with Crippen LogP contribution in [-0.4, -0.2) is 23.3 Å². The average molecular weight is 220 g/mol. The van der Waals surface area contributed by atoms with E-state index in [9.17, 15) is 0 Å². The van der Waals surface area contributed by atoms with Crippen molar-refractivity contribution >= 4 is 23.2 Å². The van der Waals surface area contributed by atoms with Gasteiger partial charge in [0.25, 0.3) is 0 Å². The van der Waals surface area contributed by atoms with Crippen molar-refractivity contribution in [1.82, 2.24) is 15.5 Å². The standard InChI is InChI=1S/C8H11Cl2N3/c1-2-11-4-3-6-5-7(9)12-13-8(6)10/h5,11H,2-4H2,1H3. The molecule has 0 bridgehead atoms. The molecule has 0 aromatic carbocycles. The lowest BCUT2D eigenvalue weighted by Crippen LogP contribution is -2.16. The van der Waals surface area contributed by atoms with Crippen LogP contribution in [-0.2, 0) is 6.42 Å². The van der Waals surface area contributed by atoms with E-state index in [1.165, 1.54) is 0 Å². The minimum absolute atomic E-state index is 0.385. The van der Waals surface area contributed by atoms with Crippen LogP contribution in [0.4, 0.5) is 0 Å². The van der Waals surface area contributed by atoms with Gasteiger partial charge in [-0.3, -0.25) is 0 Å². The van der Waals surface area contributed by atoms with Gasteiger partial charge < -0.3 is 5.32 Å². The summed E-state index contributed by atoms with van der Waals surface area (Å²) in [7, 11) is 0. The van der Waals surface area contributed by atoms with Gasteiger partial charge in [-0.05, 0) is 31.1 Å². The topological polar surface area (TPSA) is 37.8 Å². The van der Waals surface area contributed by atoms with Crippen LogP contribution in [0, 0.1) is 0 Å². The lowest BCUT2D eigenvalue weighted by molar-refractivity contribution is 0.714. The number of nitrogens with one attached hydrogen (secondary N) is 1. The molecule has 0 atom stereocenters. The quantitative estimate of drug-likeness (QED) is 0.788. The van der Waals surface area contributed by atoms with E-state index in [0.717, 1.165) is 25.1 Å². The van der Waals surface area contributed by atoms with Crippen LogP contribution in [0.2, 0.25) is 10.3 Å². The van der Waals surface area contributed by atoms with Crippen molar-refractivity contribution in [3.8, 4) is 0 Å². The molecule has 0 saturated heterocycles. The van der Waals surface area contributed by atoms with Gasteiger partial charge in [0, 0.05) is 0 Å². The van der Waals surface area contributed by atoms with Crippen molar-refractivity contribution in [2.75, 3.05) is 13.1 Å². The summed E-state index contributed by atoms with van der Waals surface area (Å²) in [6, 6.07) is 1.74. The highest BCUT2D eigenvalue weighted by atomic mass is 35.5. The molecule has 1 aromatic heterocycles. The molecule has 0 amide bonds. The van der Waals surface area contributed by atoms with Gasteiger partial charge in [-0.15, -0.1) is 10.2 Å². The Morgan fingerprint density at radius 2 is 2.15 bits per heavy atom. The fourth-order valence-electron chi connectivity index (χ4n) is 0.963. The van der Waals surface area contributed by atoms with Gasteiger partial charge in [-0.25, -0.2) is 0 Å². The van der Waals surface area contributed by atoms with Crippen LogP contribution in [0.3, 0.4) is 0 Å².